The minimum atomic E-state index is -0.352. The van der Waals surface area contributed by atoms with Crippen LogP contribution < -0.4 is 0 Å². The lowest BCUT2D eigenvalue weighted by atomic mass is 9.70. The van der Waals surface area contributed by atoms with Gasteiger partial charge in [0.15, 0.2) is 0 Å². The van der Waals surface area contributed by atoms with E-state index in [1.54, 1.807) is 0 Å². The quantitative estimate of drug-likeness (QED) is 0.576. The summed E-state index contributed by atoms with van der Waals surface area (Å²) in [4.78, 5) is 23.0. The summed E-state index contributed by atoms with van der Waals surface area (Å²) >= 11 is 0. The molecule has 0 N–H and O–H groups in total. The van der Waals surface area contributed by atoms with Gasteiger partial charge in [-0.2, -0.15) is 0 Å². The highest BCUT2D eigenvalue weighted by atomic mass is 16.2. The molecule has 0 aromatic rings. The van der Waals surface area contributed by atoms with Crippen LogP contribution in [0.25, 0.3) is 0 Å². The van der Waals surface area contributed by atoms with Crippen LogP contribution in [0.1, 0.15) is 53.9 Å². The zero-order valence-corrected chi connectivity index (χ0v) is 10.5. The molecule has 2 bridgehead atoms. The van der Waals surface area contributed by atoms with Crippen molar-refractivity contribution in [3.05, 3.63) is 0 Å². The molecular weight excluding hydrogens is 188 g/mol. The van der Waals surface area contributed by atoms with Crippen LogP contribution in [0, 0.1) is 16.7 Å². The van der Waals surface area contributed by atoms with Crippen molar-refractivity contribution >= 4 is 11.6 Å². The Morgan fingerprint density at radius 1 is 1.20 bits per heavy atom. The van der Waals surface area contributed by atoms with E-state index in [4.69, 9.17) is 0 Å². The molecule has 0 amide bonds. The third-order valence-electron chi connectivity index (χ3n) is 4.27. The first-order valence-corrected chi connectivity index (χ1v) is 5.91. The van der Waals surface area contributed by atoms with Gasteiger partial charge in [0.2, 0.25) is 11.6 Å². The Morgan fingerprint density at radius 3 is 1.87 bits per heavy atom. The van der Waals surface area contributed by atoms with Crippen molar-refractivity contribution in [1.82, 2.24) is 0 Å². The lowest BCUT2D eigenvalue weighted by molar-refractivity contribution is -0.141. The molecular formula is C13H22O2. The summed E-state index contributed by atoms with van der Waals surface area (Å²) in [6.45, 7) is 10.3. The summed E-state index contributed by atoms with van der Waals surface area (Å²) in [6, 6.07) is 0. The van der Waals surface area contributed by atoms with Crippen molar-refractivity contribution in [2.75, 3.05) is 0 Å². The fourth-order valence-corrected chi connectivity index (χ4v) is 2.80. The third kappa shape index (κ3) is 1.45. The van der Waals surface area contributed by atoms with E-state index in [1.165, 1.54) is 6.42 Å². The summed E-state index contributed by atoms with van der Waals surface area (Å²) in [5, 5.41) is 0. The summed E-state index contributed by atoms with van der Waals surface area (Å²) in [6.07, 6.45) is 3.06. The predicted molar refractivity (Wildman–Crippen MR) is 60.6 cm³/mol. The lowest BCUT2D eigenvalue weighted by Crippen LogP contribution is -2.33. The van der Waals surface area contributed by atoms with Crippen LogP contribution in [-0.2, 0) is 9.59 Å². The number of hydrogen-bond donors (Lipinski definition) is 0. The molecule has 0 heterocycles. The Hall–Kier alpha value is -0.660. The normalized spacial score (nSPS) is 36.5. The number of carbonyl (C=O) groups excluding carboxylic acids is 2. The van der Waals surface area contributed by atoms with E-state index >= 15 is 0 Å². The fourth-order valence-electron chi connectivity index (χ4n) is 2.80. The van der Waals surface area contributed by atoms with E-state index in [2.05, 4.69) is 13.8 Å². The lowest BCUT2D eigenvalue weighted by Gasteiger charge is -2.31. The SMILES string of the molecule is CC12CCC(C(=O)C1=O)C2(C)C.CCC. The first-order chi connectivity index (χ1) is 6.82. The zero-order chi connectivity index (χ0) is 11.9. The highest BCUT2D eigenvalue weighted by Gasteiger charge is 2.66. The second kappa shape index (κ2) is 3.73. The molecule has 2 aliphatic carbocycles. The van der Waals surface area contributed by atoms with E-state index in [-0.39, 0.29) is 28.3 Å². The topological polar surface area (TPSA) is 34.1 Å². The molecule has 15 heavy (non-hydrogen) atoms. The standard InChI is InChI=1S/C10H14O2.C3H8/c1-9(2)6-4-5-10(9,3)8(12)7(6)11;1-3-2/h6H,4-5H2,1-3H3;3H2,1-2H3. The predicted octanol–water partition coefficient (Wildman–Crippen LogP) is 3.00. The molecule has 0 spiro atoms. The molecule has 0 aromatic carbocycles. The van der Waals surface area contributed by atoms with E-state index in [1.807, 2.05) is 20.8 Å². The fraction of sp³-hybridized carbons (Fsp3) is 0.846. The van der Waals surface area contributed by atoms with Gasteiger partial charge >= 0.3 is 0 Å². The molecule has 2 fully saturated rings. The number of hydrogen-bond acceptors (Lipinski definition) is 2. The molecule has 0 saturated heterocycles. The van der Waals surface area contributed by atoms with Gasteiger partial charge < -0.3 is 0 Å². The summed E-state index contributed by atoms with van der Waals surface area (Å²) in [5.41, 5.74) is -0.448. The number of ketones is 2. The van der Waals surface area contributed by atoms with Crippen molar-refractivity contribution in [3.63, 3.8) is 0 Å². The van der Waals surface area contributed by atoms with Gasteiger partial charge in [0.25, 0.3) is 0 Å². The van der Waals surface area contributed by atoms with E-state index in [9.17, 15) is 9.59 Å². The Balaban J connectivity index is 0.000000337. The molecule has 2 atom stereocenters. The maximum absolute atomic E-state index is 11.6. The maximum atomic E-state index is 11.6. The Bertz CT molecular complexity index is 291. The molecule has 0 radical (unpaired) electrons. The average molecular weight is 210 g/mol. The molecule has 2 aliphatic rings. The maximum Gasteiger partial charge on any atom is 0.205 e. The van der Waals surface area contributed by atoms with E-state index in [0.717, 1.165) is 12.8 Å². The van der Waals surface area contributed by atoms with Gasteiger partial charge in [0.1, 0.15) is 0 Å². The first-order valence-electron chi connectivity index (χ1n) is 5.91. The Labute approximate surface area is 92.4 Å². The van der Waals surface area contributed by atoms with Gasteiger partial charge in [-0.3, -0.25) is 9.59 Å². The van der Waals surface area contributed by atoms with Crippen LogP contribution in [-0.4, -0.2) is 11.6 Å². The smallest absolute Gasteiger partial charge is 0.205 e. The molecule has 2 nitrogen and oxygen atoms in total. The second-order valence-corrected chi connectivity index (χ2v) is 5.55. The third-order valence-corrected chi connectivity index (χ3v) is 4.27. The number of carbonyl (C=O) groups is 2. The average Bonchev–Trinajstić information content (AvgIpc) is 2.43. The highest BCUT2D eigenvalue weighted by Crippen LogP contribution is 2.61. The van der Waals surface area contributed by atoms with Gasteiger partial charge in [0.05, 0.1) is 0 Å². The van der Waals surface area contributed by atoms with Crippen molar-refractivity contribution in [2.24, 2.45) is 16.7 Å². The van der Waals surface area contributed by atoms with Gasteiger partial charge in [0, 0.05) is 11.3 Å². The molecule has 2 unspecified atom stereocenters. The highest BCUT2D eigenvalue weighted by molar-refractivity contribution is 6.43. The summed E-state index contributed by atoms with van der Waals surface area (Å²) in [5.74, 6) is -0.229. The van der Waals surface area contributed by atoms with Crippen LogP contribution in [0.3, 0.4) is 0 Å². The summed E-state index contributed by atoms with van der Waals surface area (Å²) < 4.78 is 0. The van der Waals surface area contributed by atoms with Crippen LogP contribution >= 0.6 is 0 Å². The molecule has 2 saturated carbocycles. The second-order valence-electron chi connectivity index (χ2n) is 5.55. The summed E-state index contributed by atoms with van der Waals surface area (Å²) in [7, 11) is 0. The Kier molecular flexibility index (Phi) is 3.09. The van der Waals surface area contributed by atoms with Gasteiger partial charge in [-0.25, -0.2) is 0 Å². The number of Topliss-reactive ketones (excluding diaryl/α,β-unsaturated/α-hetero) is 2. The van der Waals surface area contributed by atoms with E-state index < -0.39 is 0 Å². The first kappa shape index (κ1) is 12.4. The van der Waals surface area contributed by atoms with Crippen molar-refractivity contribution in [3.8, 4) is 0 Å². The van der Waals surface area contributed by atoms with Gasteiger partial charge in [-0.05, 0) is 18.3 Å². The van der Waals surface area contributed by atoms with Crippen molar-refractivity contribution in [2.45, 2.75) is 53.9 Å². The molecule has 2 heteroatoms. The van der Waals surface area contributed by atoms with Crippen LogP contribution in [0.2, 0.25) is 0 Å². The largest absolute Gasteiger partial charge is 0.291 e. The monoisotopic (exact) mass is 210 g/mol. The van der Waals surface area contributed by atoms with Gasteiger partial charge in [-0.1, -0.05) is 41.0 Å². The molecule has 0 aliphatic heterocycles. The van der Waals surface area contributed by atoms with Crippen LogP contribution in [0.5, 0.6) is 0 Å². The van der Waals surface area contributed by atoms with Crippen LogP contribution in [0.15, 0.2) is 0 Å². The van der Waals surface area contributed by atoms with Crippen molar-refractivity contribution < 1.29 is 9.59 Å². The molecule has 0 aromatic heterocycles. The molecule has 2 rings (SSSR count). The van der Waals surface area contributed by atoms with Crippen LogP contribution in [0.4, 0.5) is 0 Å². The van der Waals surface area contributed by atoms with Crippen molar-refractivity contribution in [1.29, 1.82) is 0 Å². The van der Waals surface area contributed by atoms with E-state index in [0.29, 0.717) is 0 Å². The zero-order valence-electron chi connectivity index (χ0n) is 10.5. The molecule has 86 valence electrons. The number of fused-ring (bicyclic) bond motifs is 2. The number of rotatable bonds is 0. The minimum absolute atomic E-state index is 0.00926. The minimum Gasteiger partial charge on any atom is -0.291 e. The Morgan fingerprint density at radius 2 is 1.67 bits per heavy atom. The van der Waals surface area contributed by atoms with Gasteiger partial charge in [-0.15, -0.1) is 0 Å².